The Balaban J connectivity index is 1.57. The highest BCUT2D eigenvalue weighted by Gasteiger charge is 2.23. The van der Waals surface area contributed by atoms with Crippen molar-refractivity contribution in [1.29, 1.82) is 0 Å². The van der Waals surface area contributed by atoms with Crippen LogP contribution in [0.15, 0.2) is 72.8 Å². The SMILES string of the molecule is CN(C(=O)C(Cl)Cc1ccccc1)c1cc2ccc1CCc1ccc(cc1)CC2. The van der Waals surface area contributed by atoms with E-state index in [2.05, 4.69) is 42.5 Å². The molecule has 4 bridgehead atoms. The van der Waals surface area contributed by atoms with Gasteiger partial charge in [-0.1, -0.05) is 66.7 Å². The summed E-state index contributed by atoms with van der Waals surface area (Å²) in [6, 6.07) is 25.4. The van der Waals surface area contributed by atoms with E-state index in [0.717, 1.165) is 36.9 Å². The Morgan fingerprint density at radius 1 is 0.862 bits per heavy atom. The number of alkyl halides is 1. The summed E-state index contributed by atoms with van der Waals surface area (Å²) in [5.41, 5.74) is 7.19. The van der Waals surface area contributed by atoms with Crippen molar-refractivity contribution in [3.05, 3.63) is 101 Å². The summed E-state index contributed by atoms with van der Waals surface area (Å²) >= 11 is 6.53. The Labute approximate surface area is 178 Å². The van der Waals surface area contributed by atoms with Crippen molar-refractivity contribution in [2.75, 3.05) is 11.9 Å². The summed E-state index contributed by atoms with van der Waals surface area (Å²) in [7, 11) is 1.85. The summed E-state index contributed by atoms with van der Waals surface area (Å²) in [5.74, 6) is -0.0515. The molecule has 0 aliphatic heterocycles. The number of nitrogens with zero attached hydrogens (tertiary/aromatic N) is 1. The van der Waals surface area contributed by atoms with Gasteiger partial charge in [-0.05, 0) is 66.0 Å². The predicted molar refractivity (Wildman–Crippen MR) is 121 cm³/mol. The fourth-order valence-corrected chi connectivity index (χ4v) is 4.29. The fourth-order valence-electron chi connectivity index (χ4n) is 3.97. The molecule has 4 aliphatic carbocycles. The second kappa shape index (κ2) is 8.84. The van der Waals surface area contributed by atoms with Gasteiger partial charge in [0.1, 0.15) is 5.38 Å². The highest BCUT2D eigenvalue weighted by atomic mass is 35.5. The highest BCUT2D eigenvalue weighted by Crippen LogP contribution is 2.27. The molecule has 1 unspecified atom stereocenters. The Morgan fingerprint density at radius 2 is 1.45 bits per heavy atom. The van der Waals surface area contributed by atoms with Gasteiger partial charge in [-0.15, -0.1) is 11.6 Å². The average molecular weight is 404 g/mol. The van der Waals surface area contributed by atoms with Crippen molar-refractivity contribution in [3.63, 3.8) is 0 Å². The van der Waals surface area contributed by atoms with Crippen LogP contribution < -0.4 is 4.90 Å². The van der Waals surface area contributed by atoms with E-state index in [9.17, 15) is 4.79 Å². The van der Waals surface area contributed by atoms with E-state index < -0.39 is 5.38 Å². The van der Waals surface area contributed by atoms with Crippen LogP contribution in [0.4, 0.5) is 5.69 Å². The zero-order valence-electron chi connectivity index (χ0n) is 16.8. The first-order valence-electron chi connectivity index (χ1n) is 10.3. The fraction of sp³-hybridized carbons (Fsp3) is 0.269. The number of benzene rings is 3. The van der Waals surface area contributed by atoms with Crippen LogP contribution in [0.3, 0.4) is 0 Å². The van der Waals surface area contributed by atoms with Crippen LogP contribution in [0, 0.1) is 0 Å². The van der Waals surface area contributed by atoms with Gasteiger partial charge in [0.25, 0.3) is 0 Å². The molecule has 0 heterocycles. The van der Waals surface area contributed by atoms with Gasteiger partial charge < -0.3 is 4.90 Å². The molecular formula is C26H26ClNO. The summed E-state index contributed by atoms with van der Waals surface area (Å²) in [5, 5.41) is -0.579. The molecule has 1 atom stereocenters. The Hall–Kier alpha value is -2.58. The van der Waals surface area contributed by atoms with Gasteiger partial charge in [-0.2, -0.15) is 0 Å². The molecule has 1 amide bonds. The number of hydrogen-bond acceptors (Lipinski definition) is 1. The van der Waals surface area contributed by atoms with E-state index in [1.54, 1.807) is 4.90 Å². The molecule has 4 aliphatic rings. The maximum absolute atomic E-state index is 13.1. The third-order valence-corrected chi connectivity index (χ3v) is 6.12. The summed E-state index contributed by atoms with van der Waals surface area (Å²) in [6.07, 6.45) is 4.36. The quantitative estimate of drug-likeness (QED) is 0.535. The van der Waals surface area contributed by atoms with Gasteiger partial charge >= 0.3 is 0 Å². The highest BCUT2D eigenvalue weighted by molar-refractivity contribution is 6.33. The molecule has 3 heteroatoms. The Kier molecular flexibility index (Phi) is 6.01. The van der Waals surface area contributed by atoms with Gasteiger partial charge in [0.05, 0.1) is 0 Å². The van der Waals surface area contributed by atoms with E-state index in [1.165, 1.54) is 22.3 Å². The van der Waals surface area contributed by atoms with Crippen molar-refractivity contribution in [2.24, 2.45) is 0 Å². The van der Waals surface area contributed by atoms with Crippen LogP contribution in [-0.4, -0.2) is 18.3 Å². The molecule has 0 radical (unpaired) electrons. The first kappa shape index (κ1) is 19.7. The standard InChI is InChI=1S/C26H26ClNO/c1-28(26(29)24(27)17-21-5-3-2-4-6-21)25-18-22-12-11-19-7-9-20(10-8-19)13-15-23(25)16-14-22/h2-10,14,16,18,24H,11-13,15,17H2,1H3. The normalized spacial score (nSPS) is 14.1. The maximum atomic E-state index is 13.1. The molecule has 3 aromatic rings. The minimum Gasteiger partial charge on any atom is -0.314 e. The van der Waals surface area contributed by atoms with Crippen molar-refractivity contribution < 1.29 is 4.79 Å². The van der Waals surface area contributed by atoms with Crippen molar-refractivity contribution >= 4 is 23.2 Å². The summed E-state index contributed by atoms with van der Waals surface area (Å²) in [6.45, 7) is 0. The number of carbonyl (C=O) groups is 1. The molecule has 0 saturated heterocycles. The molecule has 0 aromatic heterocycles. The van der Waals surface area contributed by atoms with Crippen LogP contribution in [0.5, 0.6) is 0 Å². The number of halogens is 1. The third kappa shape index (κ3) is 4.71. The lowest BCUT2D eigenvalue weighted by atomic mass is 9.95. The number of rotatable bonds is 4. The summed E-state index contributed by atoms with van der Waals surface area (Å²) < 4.78 is 0. The first-order valence-corrected chi connectivity index (χ1v) is 10.7. The summed E-state index contributed by atoms with van der Waals surface area (Å²) in [4.78, 5) is 14.9. The van der Waals surface area contributed by atoms with E-state index in [0.29, 0.717) is 6.42 Å². The monoisotopic (exact) mass is 403 g/mol. The second-order valence-electron chi connectivity index (χ2n) is 7.83. The number of anilines is 1. The molecule has 0 N–H and O–H groups in total. The average Bonchev–Trinajstić information content (AvgIpc) is 2.75. The third-order valence-electron chi connectivity index (χ3n) is 5.78. The van der Waals surface area contributed by atoms with Gasteiger partial charge in [0.15, 0.2) is 0 Å². The largest absolute Gasteiger partial charge is 0.314 e. The molecule has 0 spiro atoms. The van der Waals surface area contributed by atoms with Crippen LogP contribution in [0.25, 0.3) is 0 Å². The van der Waals surface area contributed by atoms with Gasteiger partial charge in [0, 0.05) is 12.7 Å². The zero-order chi connectivity index (χ0) is 20.2. The van der Waals surface area contributed by atoms with Crippen LogP contribution >= 0.6 is 11.6 Å². The van der Waals surface area contributed by atoms with Gasteiger partial charge in [0.2, 0.25) is 5.91 Å². The lowest BCUT2D eigenvalue weighted by Gasteiger charge is -2.24. The van der Waals surface area contributed by atoms with Crippen molar-refractivity contribution in [2.45, 2.75) is 37.5 Å². The zero-order valence-corrected chi connectivity index (χ0v) is 17.5. The number of amides is 1. The van der Waals surface area contributed by atoms with Crippen LogP contribution in [0.2, 0.25) is 0 Å². The van der Waals surface area contributed by atoms with Crippen molar-refractivity contribution in [3.8, 4) is 0 Å². The topological polar surface area (TPSA) is 20.3 Å². The number of carbonyl (C=O) groups excluding carboxylic acids is 1. The van der Waals surface area contributed by atoms with Crippen LogP contribution in [0.1, 0.15) is 27.8 Å². The second-order valence-corrected chi connectivity index (χ2v) is 8.36. The minimum atomic E-state index is -0.579. The maximum Gasteiger partial charge on any atom is 0.245 e. The molecule has 0 saturated carbocycles. The molecule has 29 heavy (non-hydrogen) atoms. The first-order chi connectivity index (χ1) is 14.1. The van der Waals surface area contributed by atoms with Gasteiger partial charge in [-0.25, -0.2) is 0 Å². The van der Waals surface area contributed by atoms with Gasteiger partial charge in [-0.3, -0.25) is 4.79 Å². The molecule has 3 aromatic carbocycles. The predicted octanol–water partition coefficient (Wildman–Crippen LogP) is 5.38. The lowest BCUT2D eigenvalue weighted by molar-refractivity contribution is -0.118. The van der Waals surface area contributed by atoms with E-state index in [4.69, 9.17) is 11.6 Å². The van der Waals surface area contributed by atoms with Crippen molar-refractivity contribution in [1.82, 2.24) is 0 Å². The Morgan fingerprint density at radius 3 is 2.14 bits per heavy atom. The molecule has 7 rings (SSSR count). The van der Waals surface area contributed by atoms with E-state index in [-0.39, 0.29) is 5.91 Å². The van der Waals surface area contributed by atoms with E-state index >= 15 is 0 Å². The molecule has 2 nitrogen and oxygen atoms in total. The molecule has 148 valence electrons. The van der Waals surface area contributed by atoms with E-state index in [1.807, 2.05) is 37.4 Å². The minimum absolute atomic E-state index is 0.0515. The smallest absolute Gasteiger partial charge is 0.245 e. The molecule has 0 fully saturated rings. The van der Waals surface area contributed by atoms with Crippen LogP contribution in [-0.2, 0) is 36.9 Å². The number of hydrogen-bond donors (Lipinski definition) is 0. The lowest BCUT2D eigenvalue weighted by Crippen LogP contribution is -2.35. The molecular weight excluding hydrogens is 378 g/mol. The Bertz CT molecular complexity index is 981. The number of aryl methyl sites for hydroxylation is 4.